The lowest BCUT2D eigenvalue weighted by atomic mass is 10.3. The summed E-state index contributed by atoms with van der Waals surface area (Å²) < 4.78 is 8.34. The van der Waals surface area contributed by atoms with Crippen LogP contribution in [0.3, 0.4) is 0 Å². The third-order valence-electron chi connectivity index (χ3n) is 4.90. The van der Waals surface area contributed by atoms with Crippen molar-refractivity contribution in [1.29, 1.82) is 0 Å². The molecule has 4 heterocycles. The maximum Gasteiger partial charge on any atom is 0.268 e. The molecule has 0 fully saturated rings. The smallest absolute Gasteiger partial charge is 0.268 e. The molecule has 0 saturated heterocycles. The summed E-state index contributed by atoms with van der Waals surface area (Å²) in [6.07, 6.45) is 3.28. The quantitative estimate of drug-likeness (QED) is 0.304. The highest BCUT2D eigenvalue weighted by Gasteiger charge is 2.15. The first-order valence-electron chi connectivity index (χ1n) is 9.76. The third-order valence-corrected chi connectivity index (χ3v) is 5.87. The van der Waals surface area contributed by atoms with Gasteiger partial charge in [0.25, 0.3) is 11.1 Å². The minimum atomic E-state index is -0.231. The third kappa shape index (κ3) is 3.63. The molecule has 0 amide bonds. The minimum absolute atomic E-state index is 0.162. The summed E-state index contributed by atoms with van der Waals surface area (Å²) in [6.45, 7) is 0. The first-order chi connectivity index (χ1) is 15.6. The molecule has 5 rings (SSSR count). The lowest BCUT2D eigenvalue weighted by Gasteiger charge is -2.13. The molecule has 0 bridgehead atoms. The summed E-state index contributed by atoms with van der Waals surface area (Å²) >= 11 is 1.32. The first kappa shape index (κ1) is 20.0. The number of nitrogens with zero attached hydrogens (tertiary/aromatic N) is 5. The Morgan fingerprint density at radius 1 is 1.00 bits per heavy atom. The number of thioether (sulfide) groups is 1. The predicted octanol–water partition coefficient (Wildman–Crippen LogP) is 3.09. The molecule has 9 heteroatoms. The van der Waals surface area contributed by atoms with Crippen molar-refractivity contribution in [3.05, 3.63) is 99.5 Å². The Morgan fingerprint density at radius 3 is 2.78 bits per heavy atom. The molecule has 158 valence electrons. The topological polar surface area (TPSA) is 91.4 Å². The molecule has 4 aromatic heterocycles. The monoisotopic (exact) mass is 443 g/mol. The van der Waals surface area contributed by atoms with Crippen molar-refractivity contribution in [2.45, 2.75) is 10.9 Å². The van der Waals surface area contributed by atoms with Crippen LogP contribution >= 0.6 is 11.8 Å². The second kappa shape index (κ2) is 8.27. The maximum absolute atomic E-state index is 13.3. The summed E-state index contributed by atoms with van der Waals surface area (Å²) in [5, 5.41) is 0.867. The number of hydrogen-bond donors (Lipinski definition) is 0. The van der Waals surface area contributed by atoms with Crippen LogP contribution in [-0.4, -0.2) is 31.0 Å². The Kier molecular flexibility index (Phi) is 5.16. The molecule has 1 aromatic carbocycles. The Morgan fingerprint density at radius 2 is 1.91 bits per heavy atom. The number of hydrogen-bond acceptors (Lipinski definition) is 7. The van der Waals surface area contributed by atoms with Crippen LogP contribution in [0.15, 0.2) is 87.8 Å². The number of fused-ring (bicyclic) bond motifs is 2. The average molecular weight is 443 g/mol. The molecule has 0 saturated carbocycles. The van der Waals surface area contributed by atoms with Gasteiger partial charge in [-0.05, 0) is 36.4 Å². The SMILES string of the molecule is COc1cccc(-n2c(SCc3cc(=O)n4ccccc4n3)nc3ncccc3c2=O)c1. The number of benzene rings is 1. The Labute approximate surface area is 186 Å². The van der Waals surface area contributed by atoms with E-state index in [0.717, 1.165) is 0 Å². The fourth-order valence-corrected chi connectivity index (χ4v) is 4.28. The molecule has 0 N–H and O–H groups in total. The predicted molar refractivity (Wildman–Crippen MR) is 123 cm³/mol. The highest BCUT2D eigenvalue weighted by atomic mass is 32.2. The van der Waals surface area contributed by atoms with Gasteiger partial charge in [-0.15, -0.1) is 0 Å². The van der Waals surface area contributed by atoms with Crippen LogP contribution in [0.2, 0.25) is 0 Å². The lowest BCUT2D eigenvalue weighted by molar-refractivity contribution is 0.414. The molecule has 0 aliphatic carbocycles. The summed E-state index contributed by atoms with van der Waals surface area (Å²) in [7, 11) is 1.57. The lowest BCUT2D eigenvalue weighted by Crippen LogP contribution is -2.22. The minimum Gasteiger partial charge on any atom is -0.497 e. The largest absolute Gasteiger partial charge is 0.497 e. The second-order valence-corrected chi connectivity index (χ2v) is 7.86. The van der Waals surface area contributed by atoms with E-state index in [9.17, 15) is 9.59 Å². The van der Waals surface area contributed by atoms with Crippen LogP contribution in [0.1, 0.15) is 5.69 Å². The van der Waals surface area contributed by atoms with Gasteiger partial charge in [-0.3, -0.25) is 18.6 Å². The van der Waals surface area contributed by atoms with E-state index in [2.05, 4.69) is 15.0 Å². The van der Waals surface area contributed by atoms with Crippen LogP contribution in [-0.2, 0) is 5.75 Å². The van der Waals surface area contributed by atoms with Crippen LogP contribution in [0.5, 0.6) is 5.75 Å². The van der Waals surface area contributed by atoms with E-state index in [1.54, 1.807) is 49.8 Å². The van der Waals surface area contributed by atoms with Gasteiger partial charge in [-0.2, -0.15) is 0 Å². The highest BCUT2D eigenvalue weighted by Crippen LogP contribution is 2.25. The van der Waals surface area contributed by atoms with Gasteiger partial charge in [0.1, 0.15) is 11.4 Å². The summed E-state index contributed by atoms with van der Waals surface area (Å²) in [5.41, 5.74) is 1.76. The van der Waals surface area contributed by atoms with E-state index in [-0.39, 0.29) is 11.1 Å². The van der Waals surface area contributed by atoms with Gasteiger partial charge in [-0.1, -0.05) is 23.9 Å². The van der Waals surface area contributed by atoms with E-state index in [0.29, 0.717) is 44.7 Å². The fourth-order valence-electron chi connectivity index (χ4n) is 3.39. The van der Waals surface area contributed by atoms with E-state index in [4.69, 9.17) is 4.74 Å². The molecule has 0 aliphatic heterocycles. The summed E-state index contributed by atoms with van der Waals surface area (Å²) in [6, 6.07) is 17.5. The Hall–Kier alpha value is -3.98. The molecule has 0 unspecified atom stereocenters. The van der Waals surface area contributed by atoms with E-state index in [1.807, 2.05) is 24.3 Å². The first-order valence-corrected chi connectivity index (χ1v) is 10.7. The van der Waals surface area contributed by atoms with Gasteiger partial charge in [0.05, 0.1) is 23.9 Å². The molecule has 5 aromatic rings. The van der Waals surface area contributed by atoms with Gasteiger partial charge < -0.3 is 4.74 Å². The Balaban J connectivity index is 1.61. The van der Waals surface area contributed by atoms with Crippen molar-refractivity contribution in [2.75, 3.05) is 7.11 Å². The molecular formula is C23H17N5O3S. The second-order valence-electron chi connectivity index (χ2n) is 6.91. The van der Waals surface area contributed by atoms with Crippen molar-refractivity contribution in [2.24, 2.45) is 0 Å². The number of rotatable bonds is 5. The van der Waals surface area contributed by atoms with Crippen molar-refractivity contribution < 1.29 is 4.74 Å². The average Bonchev–Trinajstić information content (AvgIpc) is 2.83. The molecule has 0 radical (unpaired) electrons. The van der Waals surface area contributed by atoms with Crippen LogP contribution in [0.25, 0.3) is 22.4 Å². The standard InChI is InChI=1S/C23H17N5O3S/c1-31-17-7-4-6-16(13-17)28-22(30)18-8-5-10-24-21(18)26-23(28)32-14-15-12-20(29)27-11-3-2-9-19(27)25-15/h2-13H,14H2,1H3. The van der Waals surface area contributed by atoms with Crippen molar-refractivity contribution in [3.63, 3.8) is 0 Å². The number of aromatic nitrogens is 5. The van der Waals surface area contributed by atoms with E-state index >= 15 is 0 Å². The van der Waals surface area contributed by atoms with Gasteiger partial charge in [0.15, 0.2) is 10.8 Å². The fraction of sp³-hybridized carbons (Fsp3) is 0.0870. The van der Waals surface area contributed by atoms with E-state index in [1.165, 1.54) is 26.8 Å². The normalized spacial score (nSPS) is 11.2. The van der Waals surface area contributed by atoms with Gasteiger partial charge >= 0.3 is 0 Å². The van der Waals surface area contributed by atoms with Gasteiger partial charge in [0, 0.05) is 30.3 Å². The molecule has 32 heavy (non-hydrogen) atoms. The molecule has 0 atom stereocenters. The maximum atomic E-state index is 13.3. The van der Waals surface area contributed by atoms with Crippen molar-refractivity contribution >= 4 is 28.4 Å². The Bertz CT molecular complexity index is 1580. The van der Waals surface area contributed by atoms with Gasteiger partial charge in [0.2, 0.25) is 0 Å². The van der Waals surface area contributed by atoms with E-state index < -0.39 is 0 Å². The van der Waals surface area contributed by atoms with Crippen LogP contribution < -0.4 is 15.9 Å². The van der Waals surface area contributed by atoms with Gasteiger partial charge in [-0.25, -0.2) is 15.0 Å². The summed E-state index contributed by atoms with van der Waals surface area (Å²) in [5.74, 6) is 0.982. The number of pyridine rings is 2. The zero-order chi connectivity index (χ0) is 22.1. The summed E-state index contributed by atoms with van der Waals surface area (Å²) in [4.78, 5) is 39.2. The number of ether oxygens (including phenoxy) is 1. The molecular weight excluding hydrogens is 426 g/mol. The molecule has 0 aliphatic rings. The van der Waals surface area contributed by atoms with Crippen LogP contribution in [0, 0.1) is 0 Å². The molecule has 0 spiro atoms. The van der Waals surface area contributed by atoms with Crippen LogP contribution in [0.4, 0.5) is 0 Å². The highest BCUT2D eigenvalue weighted by molar-refractivity contribution is 7.98. The zero-order valence-electron chi connectivity index (χ0n) is 17.0. The molecule has 8 nitrogen and oxygen atoms in total. The van der Waals surface area contributed by atoms with Crippen molar-refractivity contribution in [3.8, 4) is 11.4 Å². The number of methoxy groups -OCH3 is 1. The van der Waals surface area contributed by atoms with Crippen molar-refractivity contribution in [1.82, 2.24) is 23.9 Å². The zero-order valence-corrected chi connectivity index (χ0v) is 17.8.